The molecule has 2 heterocycles. The summed E-state index contributed by atoms with van der Waals surface area (Å²) in [5.74, 6) is 1.07. The van der Waals surface area contributed by atoms with Crippen LogP contribution in [0.1, 0.15) is 17.4 Å². The van der Waals surface area contributed by atoms with Crippen LogP contribution in [0.4, 0.5) is 0 Å². The molecule has 1 atom stereocenters. The molecule has 0 spiro atoms. The number of aromatic nitrogens is 2. The zero-order valence-electron chi connectivity index (χ0n) is 8.97. The van der Waals surface area contributed by atoms with Gasteiger partial charge in [0.25, 0.3) is 0 Å². The molecule has 0 radical (unpaired) electrons. The summed E-state index contributed by atoms with van der Waals surface area (Å²) in [5, 5.41) is 3.26. The monoisotopic (exact) mass is 205 g/mol. The number of hydrogen-bond acceptors (Lipinski definition) is 3. The van der Waals surface area contributed by atoms with Crippen LogP contribution in [-0.4, -0.2) is 16.6 Å². The van der Waals surface area contributed by atoms with Gasteiger partial charge in [0.05, 0.1) is 12.5 Å². The molecule has 2 aromatic rings. The van der Waals surface area contributed by atoms with Crippen LogP contribution in [0.2, 0.25) is 0 Å². The minimum atomic E-state index is 0.254. The number of likely N-dealkylation sites (N-methyl/N-ethyl adjacent to an activating group) is 1. The molecule has 15 heavy (non-hydrogen) atoms. The minimum absolute atomic E-state index is 0.254. The van der Waals surface area contributed by atoms with Crippen LogP contribution >= 0.6 is 0 Å². The Labute approximate surface area is 88.9 Å². The second-order valence-electron chi connectivity index (χ2n) is 3.56. The summed E-state index contributed by atoms with van der Waals surface area (Å²) in [4.78, 5) is 4.31. The zero-order chi connectivity index (χ0) is 10.7. The first-order valence-electron chi connectivity index (χ1n) is 4.97. The van der Waals surface area contributed by atoms with Gasteiger partial charge in [-0.15, -0.1) is 0 Å². The van der Waals surface area contributed by atoms with Crippen LogP contribution < -0.4 is 5.32 Å². The van der Waals surface area contributed by atoms with Crippen molar-refractivity contribution in [2.75, 3.05) is 7.05 Å². The third-order valence-corrected chi connectivity index (χ3v) is 2.60. The van der Waals surface area contributed by atoms with Gasteiger partial charge in [0.15, 0.2) is 0 Å². The van der Waals surface area contributed by atoms with E-state index in [-0.39, 0.29) is 6.04 Å². The van der Waals surface area contributed by atoms with Crippen LogP contribution in [0.25, 0.3) is 0 Å². The first-order valence-corrected chi connectivity index (χ1v) is 4.97. The smallest absolute Gasteiger partial charge is 0.110 e. The fraction of sp³-hybridized carbons (Fsp3) is 0.364. The molecule has 0 fully saturated rings. The van der Waals surface area contributed by atoms with Gasteiger partial charge in [-0.05, 0) is 13.1 Å². The number of imidazole rings is 1. The molecule has 2 rings (SSSR count). The highest BCUT2D eigenvalue weighted by atomic mass is 16.3. The van der Waals surface area contributed by atoms with E-state index in [9.17, 15) is 0 Å². The van der Waals surface area contributed by atoms with Crippen LogP contribution in [-0.2, 0) is 13.5 Å². The summed E-state index contributed by atoms with van der Waals surface area (Å²) >= 11 is 0. The molecule has 2 aromatic heterocycles. The average molecular weight is 205 g/mol. The summed E-state index contributed by atoms with van der Waals surface area (Å²) in [6.07, 6.45) is 8.09. The second-order valence-corrected chi connectivity index (χ2v) is 3.56. The van der Waals surface area contributed by atoms with Gasteiger partial charge >= 0.3 is 0 Å². The average Bonchev–Trinajstić information content (AvgIpc) is 2.86. The molecule has 0 bridgehead atoms. The van der Waals surface area contributed by atoms with Crippen molar-refractivity contribution in [3.05, 3.63) is 42.4 Å². The van der Waals surface area contributed by atoms with Crippen molar-refractivity contribution in [1.82, 2.24) is 14.9 Å². The largest absolute Gasteiger partial charge is 0.472 e. The fourth-order valence-electron chi connectivity index (χ4n) is 1.64. The summed E-state index contributed by atoms with van der Waals surface area (Å²) in [6.45, 7) is 0. The lowest BCUT2D eigenvalue weighted by Gasteiger charge is -2.13. The van der Waals surface area contributed by atoms with Crippen LogP contribution in [0.3, 0.4) is 0 Å². The van der Waals surface area contributed by atoms with E-state index in [4.69, 9.17) is 4.42 Å². The highest BCUT2D eigenvalue weighted by Gasteiger charge is 2.13. The Morgan fingerprint density at radius 3 is 3.00 bits per heavy atom. The molecule has 4 nitrogen and oxygen atoms in total. The van der Waals surface area contributed by atoms with E-state index in [1.165, 1.54) is 0 Å². The van der Waals surface area contributed by atoms with E-state index >= 15 is 0 Å². The zero-order valence-corrected chi connectivity index (χ0v) is 8.97. The van der Waals surface area contributed by atoms with Crippen molar-refractivity contribution in [3.8, 4) is 0 Å². The Balaban J connectivity index is 2.13. The second kappa shape index (κ2) is 4.31. The van der Waals surface area contributed by atoms with Gasteiger partial charge in [-0.1, -0.05) is 0 Å². The maximum absolute atomic E-state index is 5.08. The molecule has 0 aliphatic carbocycles. The van der Waals surface area contributed by atoms with E-state index in [0.717, 1.165) is 17.8 Å². The van der Waals surface area contributed by atoms with Crippen LogP contribution in [0, 0.1) is 0 Å². The van der Waals surface area contributed by atoms with Crippen LogP contribution in [0.15, 0.2) is 35.4 Å². The molecular formula is C11H15N3O. The SMILES string of the molecule is CNC(Cc1nccn1C)c1ccoc1. The van der Waals surface area contributed by atoms with E-state index in [0.29, 0.717) is 0 Å². The minimum Gasteiger partial charge on any atom is -0.472 e. The normalized spacial score (nSPS) is 12.9. The van der Waals surface area contributed by atoms with Gasteiger partial charge in [0.2, 0.25) is 0 Å². The van der Waals surface area contributed by atoms with E-state index in [2.05, 4.69) is 10.3 Å². The highest BCUT2D eigenvalue weighted by molar-refractivity contribution is 5.13. The Kier molecular flexibility index (Phi) is 2.87. The summed E-state index contributed by atoms with van der Waals surface area (Å²) in [6, 6.07) is 2.23. The number of aryl methyl sites for hydroxylation is 1. The van der Waals surface area contributed by atoms with E-state index in [1.54, 1.807) is 12.5 Å². The van der Waals surface area contributed by atoms with Crippen molar-refractivity contribution >= 4 is 0 Å². The number of hydrogen-bond donors (Lipinski definition) is 1. The molecule has 1 unspecified atom stereocenters. The van der Waals surface area contributed by atoms with Gasteiger partial charge in [-0.25, -0.2) is 4.98 Å². The fourth-order valence-corrected chi connectivity index (χ4v) is 1.64. The Hall–Kier alpha value is -1.55. The number of rotatable bonds is 4. The molecule has 0 aliphatic rings. The standard InChI is InChI=1S/C11H15N3O/c1-12-10(9-3-6-15-8-9)7-11-13-4-5-14(11)2/h3-6,8,10,12H,7H2,1-2H3. The molecule has 4 heteroatoms. The van der Waals surface area contributed by atoms with Gasteiger partial charge in [-0.3, -0.25) is 0 Å². The quantitative estimate of drug-likeness (QED) is 0.822. The Bertz CT molecular complexity index is 405. The van der Waals surface area contributed by atoms with Gasteiger partial charge in [-0.2, -0.15) is 0 Å². The van der Waals surface area contributed by atoms with Crippen LogP contribution in [0.5, 0.6) is 0 Å². The lowest BCUT2D eigenvalue weighted by atomic mass is 10.1. The molecule has 0 saturated heterocycles. The molecule has 0 saturated carbocycles. The molecule has 1 N–H and O–H groups in total. The number of furan rings is 1. The third-order valence-electron chi connectivity index (χ3n) is 2.60. The van der Waals surface area contributed by atoms with Crippen molar-refractivity contribution in [1.29, 1.82) is 0 Å². The van der Waals surface area contributed by atoms with Crippen molar-refractivity contribution < 1.29 is 4.42 Å². The summed E-state index contributed by atoms with van der Waals surface area (Å²) in [7, 11) is 3.95. The first kappa shape index (κ1) is 9.98. The maximum atomic E-state index is 5.08. The highest BCUT2D eigenvalue weighted by Crippen LogP contribution is 2.17. The summed E-state index contributed by atoms with van der Waals surface area (Å²) < 4.78 is 7.11. The van der Waals surface area contributed by atoms with E-state index < -0.39 is 0 Å². The van der Waals surface area contributed by atoms with E-state index in [1.807, 2.05) is 37.1 Å². The summed E-state index contributed by atoms with van der Waals surface area (Å²) in [5.41, 5.74) is 1.15. The molecular weight excluding hydrogens is 190 g/mol. The number of nitrogens with zero attached hydrogens (tertiary/aromatic N) is 2. The predicted molar refractivity (Wildman–Crippen MR) is 57.4 cm³/mol. The molecule has 80 valence electrons. The Morgan fingerprint density at radius 1 is 1.60 bits per heavy atom. The van der Waals surface area contributed by atoms with Gasteiger partial charge < -0.3 is 14.3 Å². The predicted octanol–water partition coefficient (Wildman–Crippen LogP) is 1.52. The molecule has 0 amide bonds. The first-order chi connectivity index (χ1) is 7.31. The molecule has 0 aliphatic heterocycles. The lowest BCUT2D eigenvalue weighted by molar-refractivity contribution is 0.532. The molecule has 0 aromatic carbocycles. The number of nitrogens with one attached hydrogen (secondary N) is 1. The maximum Gasteiger partial charge on any atom is 0.110 e. The van der Waals surface area contributed by atoms with Crippen molar-refractivity contribution in [2.24, 2.45) is 7.05 Å². The Morgan fingerprint density at radius 2 is 2.47 bits per heavy atom. The van der Waals surface area contributed by atoms with Gasteiger partial charge in [0, 0.05) is 37.5 Å². The lowest BCUT2D eigenvalue weighted by Crippen LogP contribution is -2.19. The third kappa shape index (κ3) is 2.10. The van der Waals surface area contributed by atoms with Gasteiger partial charge in [0.1, 0.15) is 5.82 Å². The van der Waals surface area contributed by atoms with Crippen molar-refractivity contribution in [3.63, 3.8) is 0 Å². The van der Waals surface area contributed by atoms with Crippen molar-refractivity contribution in [2.45, 2.75) is 12.5 Å². The topological polar surface area (TPSA) is 43.0 Å².